The number of methoxy groups -OCH3 is 1. The first-order valence-corrected chi connectivity index (χ1v) is 10.0. The van der Waals surface area contributed by atoms with Crippen molar-refractivity contribution in [2.24, 2.45) is 0 Å². The molecule has 2 aromatic rings. The second-order valence-electron chi connectivity index (χ2n) is 7.38. The minimum absolute atomic E-state index is 0.0988. The Morgan fingerprint density at radius 1 is 1.00 bits per heavy atom. The number of ether oxygens (including phenoxy) is 1. The van der Waals surface area contributed by atoms with Crippen molar-refractivity contribution in [1.29, 1.82) is 0 Å². The van der Waals surface area contributed by atoms with Crippen LogP contribution in [0.15, 0.2) is 42.5 Å². The first-order valence-electron chi connectivity index (χ1n) is 10.0. The first kappa shape index (κ1) is 20.9. The SMILES string of the molecule is COC(=O)c1ccccc1NC(=O)CCN1CCN(c2cccc(C)c2C)CC1. The highest BCUT2D eigenvalue weighted by Gasteiger charge is 2.20. The molecule has 3 rings (SSSR count). The van der Waals surface area contributed by atoms with Gasteiger partial charge in [0.1, 0.15) is 0 Å². The van der Waals surface area contributed by atoms with Gasteiger partial charge >= 0.3 is 5.97 Å². The zero-order chi connectivity index (χ0) is 20.8. The van der Waals surface area contributed by atoms with Crippen LogP contribution in [-0.4, -0.2) is 56.6 Å². The van der Waals surface area contributed by atoms with Crippen molar-refractivity contribution in [1.82, 2.24) is 4.90 Å². The fourth-order valence-corrected chi connectivity index (χ4v) is 3.64. The molecule has 0 aromatic heterocycles. The van der Waals surface area contributed by atoms with E-state index >= 15 is 0 Å². The quantitative estimate of drug-likeness (QED) is 0.761. The van der Waals surface area contributed by atoms with Gasteiger partial charge in [0, 0.05) is 44.8 Å². The van der Waals surface area contributed by atoms with Crippen LogP contribution >= 0.6 is 0 Å². The molecule has 0 aliphatic carbocycles. The van der Waals surface area contributed by atoms with Gasteiger partial charge in [-0.1, -0.05) is 24.3 Å². The zero-order valence-electron chi connectivity index (χ0n) is 17.4. The van der Waals surface area contributed by atoms with E-state index in [-0.39, 0.29) is 5.91 Å². The topological polar surface area (TPSA) is 61.9 Å². The number of hydrogen-bond donors (Lipinski definition) is 1. The highest BCUT2D eigenvalue weighted by molar-refractivity contribution is 6.01. The van der Waals surface area contributed by atoms with Crippen LogP contribution in [0.3, 0.4) is 0 Å². The van der Waals surface area contributed by atoms with E-state index in [2.05, 4.69) is 47.2 Å². The van der Waals surface area contributed by atoms with Gasteiger partial charge in [0.25, 0.3) is 0 Å². The third kappa shape index (κ3) is 5.15. The second-order valence-corrected chi connectivity index (χ2v) is 7.38. The van der Waals surface area contributed by atoms with Gasteiger partial charge in [-0.2, -0.15) is 0 Å². The number of nitrogens with zero attached hydrogens (tertiary/aromatic N) is 2. The van der Waals surface area contributed by atoms with E-state index in [1.54, 1.807) is 24.3 Å². The summed E-state index contributed by atoms with van der Waals surface area (Å²) >= 11 is 0. The minimum Gasteiger partial charge on any atom is -0.465 e. The van der Waals surface area contributed by atoms with Gasteiger partial charge in [-0.25, -0.2) is 4.79 Å². The summed E-state index contributed by atoms with van der Waals surface area (Å²) in [6.45, 7) is 8.79. The molecule has 0 spiro atoms. The molecule has 29 heavy (non-hydrogen) atoms. The second kappa shape index (κ2) is 9.56. The molecule has 154 valence electrons. The van der Waals surface area contributed by atoms with Crippen LogP contribution in [0.25, 0.3) is 0 Å². The molecule has 6 nitrogen and oxygen atoms in total. The van der Waals surface area contributed by atoms with Crippen molar-refractivity contribution >= 4 is 23.3 Å². The van der Waals surface area contributed by atoms with Crippen molar-refractivity contribution in [3.8, 4) is 0 Å². The van der Waals surface area contributed by atoms with E-state index in [1.165, 1.54) is 23.9 Å². The number of piperazine rings is 1. The Balaban J connectivity index is 1.49. The van der Waals surface area contributed by atoms with Crippen LogP contribution in [0, 0.1) is 13.8 Å². The predicted molar refractivity (Wildman–Crippen MR) is 116 cm³/mol. The molecule has 1 saturated heterocycles. The summed E-state index contributed by atoms with van der Waals surface area (Å²) in [5.74, 6) is -0.554. The number of hydrogen-bond acceptors (Lipinski definition) is 5. The Kier molecular flexibility index (Phi) is 6.88. The lowest BCUT2D eigenvalue weighted by molar-refractivity contribution is -0.116. The smallest absolute Gasteiger partial charge is 0.339 e. The van der Waals surface area contributed by atoms with Crippen LogP contribution in [0.4, 0.5) is 11.4 Å². The fourth-order valence-electron chi connectivity index (χ4n) is 3.64. The molecule has 0 unspecified atom stereocenters. The van der Waals surface area contributed by atoms with Crippen molar-refractivity contribution in [2.75, 3.05) is 50.1 Å². The highest BCUT2D eigenvalue weighted by atomic mass is 16.5. The summed E-state index contributed by atoms with van der Waals surface area (Å²) in [5.41, 5.74) is 4.81. The third-order valence-corrected chi connectivity index (χ3v) is 5.55. The summed E-state index contributed by atoms with van der Waals surface area (Å²) in [6.07, 6.45) is 0.388. The molecule has 0 bridgehead atoms. The van der Waals surface area contributed by atoms with Gasteiger partial charge in [-0.15, -0.1) is 0 Å². The maximum absolute atomic E-state index is 12.4. The summed E-state index contributed by atoms with van der Waals surface area (Å²) in [4.78, 5) is 28.9. The largest absolute Gasteiger partial charge is 0.465 e. The van der Waals surface area contributed by atoms with Crippen molar-refractivity contribution in [3.05, 3.63) is 59.2 Å². The van der Waals surface area contributed by atoms with Crippen molar-refractivity contribution in [3.63, 3.8) is 0 Å². The molecule has 0 saturated carbocycles. The Hall–Kier alpha value is -2.86. The molecular formula is C23H29N3O3. The molecule has 1 aliphatic rings. The number of para-hydroxylation sites is 1. The van der Waals surface area contributed by atoms with Crippen LogP contribution in [0.2, 0.25) is 0 Å². The lowest BCUT2D eigenvalue weighted by atomic mass is 10.1. The lowest BCUT2D eigenvalue weighted by Crippen LogP contribution is -2.47. The van der Waals surface area contributed by atoms with Crippen molar-refractivity contribution in [2.45, 2.75) is 20.3 Å². The average Bonchev–Trinajstić information content (AvgIpc) is 2.74. The molecule has 6 heteroatoms. The van der Waals surface area contributed by atoms with Gasteiger partial charge in [-0.3, -0.25) is 9.69 Å². The molecule has 1 aliphatic heterocycles. The Morgan fingerprint density at radius 2 is 1.72 bits per heavy atom. The molecule has 1 amide bonds. The fraction of sp³-hybridized carbons (Fsp3) is 0.391. The highest BCUT2D eigenvalue weighted by Crippen LogP contribution is 2.24. The maximum Gasteiger partial charge on any atom is 0.339 e. The predicted octanol–water partition coefficient (Wildman–Crippen LogP) is 3.24. The first-order chi connectivity index (χ1) is 14.0. The summed E-state index contributed by atoms with van der Waals surface area (Å²) in [7, 11) is 1.33. The van der Waals surface area contributed by atoms with Crippen LogP contribution in [0.5, 0.6) is 0 Å². The Morgan fingerprint density at radius 3 is 2.45 bits per heavy atom. The van der Waals surface area contributed by atoms with Gasteiger partial charge < -0.3 is 15.0 Å². The number of carbonyl (C=O) groups excluding carboxylic acids is 2. The molecule has 0 atom stereocenters. The molecule has 0 radical (unpaired) electrons. The van der Waals surface area contributed by atoms with E-state index in [1.807, 2.05) is 0 Å². The number of aryl methyl sites for hydroxylation is 1. The van der Waals surface area contributed by atoms with E-state index in [4.69, 9.17) is 4.74 Å². The summed E-state index contributed by atoms with van der Waals surface area (Å²) in [5, 5.41) is 2.84. The van der Waals surface area contributed by atoms with E-state index in [0.29, 0.717) is 24.2 Å². The summed E-state index contributed by atoms with van der Waals surface area (Å²) < 4.78 is 4.77. The third-order valence-electron chi connectivity index (χ3n) is 5.55. The average molecular weight is 396 g/mol. The lowest BCUT2D eigenvalue weighted by Gasteiger charge is -2.37. The zero-order valence-corrected chi connectivity index (χ0v) is 17.4. The van der Waals surface area contributed by atoms with Crippen LogP contribution in [-0.2, 0) is 9.53 Å². The number of rotatable bonds is 6. The number of amides is 1. The summed E-state index contributed by atoms with van der Waals surface area (Å²) in [6, 6.07) is 13.3. The van der Waals surface area contributed by atoms with E-state index in [9.17, 15) is 9.59 Å². The molecule has 1 heterocycles. The van der Waals surface area contributed by atoms with Crippen molar-refractivity contribution < 1.29 is 14.3 Å². The molecular weight excluding hydrogens is 366 g/mol. The van der Waals surface area contributed by atoms with Crippen LogP contribution in [0.1, 0.15) is 27.9 Å². The van der Waals surface area contributed by atoms with E-state index < -0.39 is 5.97 Å². The van der Waals surface area contributed by atoms with Gasteiger partial charge in [0.05, 0.1) is 18.4 Å². The Labute approximate surface area is 172 Å². The van der Waals surface area contributed by atoms with Gasteiger partial charge in [-0.05, 0) is 43.2 Å². The normalized spacial score (nSPS) is 14.5. The molecule has 2 aromatic carbocycles. The van der Waals surface area contributed by atoms with E-state index in [0.717, 1.165) is 26.2 Å². The molecule has 1 fully saturated rings. The molecule has 1 N–H and O–H groups in total. The number of benzene rings is 2. The Bertz CT molecular complexity index is 873. The monoisotopic (exact) mass is 395 g/mol. The number of esters is 1. The van der Waals surface area contributed by atoms with Crippen LogP contribution < -0.4 is 10.2 Å². The maximum atomic E-state index is 12.4. The number of carbonyl (C=O) groups is 2. The standard InChI is InChI=1S/C23H29N3O3/c1-17-7-6-10-21(18(17)2)26-15-13-25(14-16-26)12-11-22(27)24-20-9-5-4-8-19(20)23(28)29-3/h4-10H,11-16H2,1-3H3,(H,24,27). The number of anilines is 2. The number of nitrogens with one attached hydrogen (secondary N) is 1. The van der Waals surface area contributed by atoms with Gasteiger partial charge in [0.2, 0.25) is 5.91 Å². The van der Waals surface area contributed by atoms with Gasteiger partial charge in [0.15, 0.2) is 0 Å². The minimum atomic E-state index is -0.455.